The Kier molecular flexibility index (Phi) is 8.05. The highest BCUT2D eigenvalue weighted by atomic mass is 35.5. The van der Waals surface area contributed by atoms with E-state index in [9.17, 15) is 9.18 Å². The number of anilines is 2. The molecule has 0 atom stereocenters. The standard InChI is InChI=1S/C30H29ClFN7O2S/c1-38(2)11-10-33-26(40)15-39-24-8-7-21-27-29(34-17-35-30(27)42-28(21)22(24)14-36-39)37-20-6-9-25(23(31)13-20)41-16-18-4-3-5-19(32)12-18/h3-6,9,12-14,17H,7-8,10-11,15-16H2,1-2H3,(H,33,40)(H,34,35,37). The van der Waals surface area contributed by atoms with Crippen molar-refractivity contribution in [2.45, 2.75) is 26.0 Å². The molecule has 0 aliphatic heterocycles. The van der Waals surface area contributed by atoms with Gasteiger partial charge in [-0.25, -0.2) is 14.4 Å². The van der Waals surface area contributed by atoms with Crippen LogP contribution < -0.4 is 15.4 Å². The highest BCUT2D eigenvalue weighted by Crippen LogP contribution is 2.45. The molecule has 6 rings (SSSR count). The van der Waals surface area contributed by atoms with Gasteiger partial charge in [0.15, 0.2) is 0 Å². The predicted octanol–water partition coefficient (Wildman–Crippen LogP) is 5.45. The maximum Gasteiger partial charge on any atom is 0.241 e. The molecule has 0 bridgehead atoms. The number of rotatable bonds is 10. The van der Waals surface area contributed by atoms with E-state index in [0.29, 0.717) is 23.1 Å². The molecule has 9 nitrogen and oxygen atoms in total. The molecule has 3 aromatic heterocycles. The van der Waals surface area contributed by atoms with Crippen molar-refractivity contribution in [3.05, 3.63) is 82.6 Å². The first-order chi connectivity index (χ1) is 20.4. The SMILES string of the molecule is CN(C)CCNC(=O)Cn1ncc2c1CCc1c-2sc2ncnc(Nc3ccc(OCc4cccc(F)c4)c(Cl)c3)c12. The Bertz CT molecular complexity index is 1770. The highest BCUT2D eigenvalue weighted by Gasteiger charge is 2.27. The second-order valence-electron chi connectivity index (χ2n) is 10.3. The molecule has 2 aromatic carbocycles. The summed E-state index contributed by atoms with van der Waals surface area (Å²) in [4.78, 5) is 25.6. The first-order valence-corrected chi connectivity index (χ1v) is 14.7. The summed E-state index contributed by atoms with van der Waals surface area (Å²) in [6.07, 6.45) is 4.94. The molecule has 1 aliphatic rings. The Morgan fingerprint density at radius 2 is 2.07 bits per heavy atom. The van der Waals surface area contributed by atoms with Gasteiger partial charge in [0, 0.05) is 34.9 Å². The molecule has 1 amide bonds. The zero-order valence-electron chi connectivity index (χ0n) is 23.2. The topological polar surface area (TPSA) is 97.2 Å². The van der Waals surface area contributed by atoms with Crippen LogP contribution in [0.15, 0.2) is 55.0 Å². The van der Waals surface area contributed by atoms with Crippen molar-refractivity contribution in [1.82, 2.24) is 30.0 Å². The van der Waals surface area contributed by atoms with Gasteiger partial charge in [-0.1, -0.05) is 23.7 Å². The molecular formula is C30H29ClFN7O2S. The number of carbonyl (C=O) groups is 1. The van der Waals surface area contributed by atoms with Crippen LogP contribution in [0.3, 0.4) is 0 Å². The number of aromatic nitrogens is 4. The Labute approximate surface area is 251 Å². The Balaban J connectivity index is 1.20. The molecule has 2 N–H and O–H groups in total. The molecule has 3 heterocycles. The van der Waals surface area contributed by atoms with Crippen LogP contribution in [0, 0.1) is 5.82 Å². The van der Waals surface area contributed by atoms with E-state index in [2.05, 4.69) is 25.7 Å². The number of thiophene rings is 1. The van der Waals surface area contributed by atoms with Gasteiger partial charge in [0.25, 0.3) is 0 Å². The summed E-state index contributed by atoms with van der Waals surface area (Å²) in [7, 11) is 3.95. The molecular weight excluding hydrogens is 577 g/mol. The lowest BCUT2D eigenvalue weighted by Crippen LogP contribution is -2.34. The van der Waals surface area contributed by atoms with Gasteiger partial charge >= 0.3 is 0 Å². The summed E-state index contributed by atoms with van der Waals surface area (Å²) in [5.41, 5.74) is 4.73. The molecule has 0 spiro atoms. The molecule has 0 saturated heterocycles. The van der Waals surface area contributed by atoms with Crippen molar-refractivity contribution in [3.8, 4) is 16.2 Å². The molecule has 0 unspecified atom stereocenters. The van der Waals surface area contributed by atoms with E-state index >= 15 is 0 Å². The molecule has 42 heavy (non-hydrogen) atoms. The first-order valence-electron chi connectivity index (χ1n) is 13.5. The van der Waals surface area contributed by atoms with Crippen molar-refractivity contribution >= 4 is 50.6 Å². The minimum atomic E-state index is -0.308. The van der Waals surface area contributed by atoms with Crippen molar-refractivity contribution in [3.63, 3.8) is 0 Å². The van der Waals surface area contributed by atoms with E-state index < -0.39 is 0 Å². The minimum absolute atomic E-state index is 0.0497. The minimum Gasteiger partial charge on any atom is -0.487 e. The highest BCUT2D eigenvalue weighted by molar-refractivity contribution is 7.22. The number of ether oxygens (including phenoxy) is 1. The van der Waals surface area contributed by atoms with Crippen LogP contribution >= 0.6 is 22.9 Å². The summed E-state index contributed by atoms with van der Waals surface area (Å²) in [5, 5.41) is 12.3. The fourth-order valence-corrected chi connectivity index (χ4v) is 6.47. The zero-order chi connectivity index (χ0) is 29.2. The molecule has 12 heteroatoms. The number of likely N-dealkylation sites (N-methyl/N-ethyl adjacent to an activating group) is 1. The Morgan fingerprint density at radius 1 is 1.19 bits per heavy atom. The third-order valence-corrected chi connectivity index (χ3v) is 8.51. The van der Waals surface area contributed by atoms with Crippen LogP contribution in [0.4, 0.5) is 15.9 Å². The van der Waals surface area contributed by atoms with Crippen LogP contribution in [0.1, 0.15) is 16.8 Å². The lowest BCUT2D eigenvalue weighted by atomic mass is 9.95. The summed E-state index contributed by atoms with van der Waals surface area (Å²) in [6.45, 7) is 1.78. The molecule has 216 valence electrons. The second-order valence-corrected chi connectivity index (χ2v) is 11.7. The van der Waals surface area contributed by atoms with Crippen LogP contribution in [0.5, 0.6) is 5.75 Å². The van der Waals surface area contributed by atoms with Crippen molar-refractivity contribution in [1.29, 1.82) is 0 Å². The van der Waals surface area contributed by atoms with Gasteiger partial charge in [-0.05, 0) is 68.4 Å². The molecule has 0 saturated carbocycles. The number of aryl methyl sites for hydroxylation is 1. The number of nitrogens with zero attached hydrogens (tertiary/aromatic N) is 5. The number of benzene rings is 2. The van der Waals surface area contributed by atoms with Crippen LogP contribution in [0.25, 0.3) is 20.7 Å². The Morgan fingerprint density at radius 3 is 2.88 bits per heavy atom. The third kappa shape index (κ3) is 5.94. The van der Waals surface area contributed by atoms with Gasteiger partial charge in [0.1, 0.15) is 41.7 Å². The van der Waals surface area contributed by atoms with Gasteiger partial charge in [0.05, 0.1) is 16.6 Å². The van der Waals surface area contributed by atoms with Crippen LogP contribution in [-0.2, 0) is 30.8 Å². The van der Waals surface area contributed by atoms with Gasteiger partial charge in [-0.3, -0.25) is 9.48 Å². The third-order valence-electron chi connectivity index (χ3n) is 7.04. The normalized spacial score (nSPS) is 12.3. The molecule has 1 aliphatic carbocycles. The van der Waals surface area contributed by atoms with Gasteiger partial charge in [-0.15, -0.1) is 11.3 Å². The van der Waals surface area contributed by atoms with E-state index in [1.54, 1.807) is 46.6 Å². The van der Waals surface area contributed by atoms with Gasteiger partial charge < -0.3 is 20.3 Å². The van der Waals surface area contributed by atoms with Crippen molar-refractivity contribution in [2.24, 2.45) is 0 Å². The number of hydrogen-bond donors (Lipinski definition) is 2. The van der Waals surface area contributed by atoms with Crippen molar-refractivity contribution < 1.29 is 13.9 Å². The lowest BCUT2D eigenvalue weighted by Gasteiger charge is -2.16. The quantitative estimate of drug-likeness (QED) is 0.219. The van der Waals surface area contributed by atoms with Crippen LogP contribution in [0.2, 0.25) is 5.02 Å². The number of halogens is 2. The van der Waals surface area contributed by atoms with E-state index in [4.69, 9.17) is 16.3 Å². The van der Waals surface area contributed by atoms with E-state index in [1.165, 1.54) is 17.7 Å². The van der Waals surface area contributed by atoms with Crippen LogP contribution in [-0.4, -0.2) is 57.7 Å². The first kappa shape index (κ1) is 28.1. The van der Waals surface area contributed by atoms with Crippen molar-refractivity contribution in [2.75, 3.05) is 32.5 Å². The lowest BCUT2D eigenvalue weighted by molar-refractivity contribution is -0.121. The predicted molar refractivity (Wildman–Crippen MR) is 163 cm³/mol. The molecule has 0 radical (unpaired) electrons. The molecule has 5 aromatic rings. The fourth-order valence-electron chi connectivity index (χ4n) is 5.02. The maximum absolute atomic E-state index is 13.5. The summed E-state index contributed by atoms with van der Waals surface area (Å²) < 4.78 is 21.1. The number of carbonyl (C=O) groups excluding carboxylic acids is 1. The Hall–Kier alpha value is -4.06. The van der Waals surface area contributed by atoms with Gasteiger partial charge in [-0.2, -0.15) is 5.10 Å². The second kappa shape index (κ2) is 12.0. The number of nitrogens with one attached hydrogen (secondary N) is 2. The summed E-state index contributed by atoms with van der Waals surface area (Å²) in [5.74, 6) is 0.838. The zero-order valence-corrected chi connectivity index (χ0v) is 24.7. The fraction of sp³-hybridized carbons (Fsp3) is 0.267. The number of hydrogen-bond acceptors (Lipinski definition) is 8. The molecule has 0 fully saturated rings. The van der Waals surface area contributed by atoms with Gasteiger partial charge in [0.2, 0.25) is 5.91 Å². The summed E-state index contributed by atoms with van der Waals surface area (Å²) >= 11 is 8.14. The largest absolute Gasteiger partial charge is 0.487 e. The van der Waals surface area contributed by atoms with E-state index in [1.807, 2.05) is 31.3 Å². The number of amides is 1. The maximum atomic E-state index is 13.5. The smallest absolute Gasteiger partial charge is 0.241 e. The number of fused-ring (bicyclic) bond motifs is 5. The van der Waals surface area contributed by atoms with E-state index in [-0.39, 0.29) is 24.9 Å². The summed E-state index contributed by atoms with van der Waals surface area (Å²) in [6, 6.07) is 11.7. The monoisotopic (exact) mass is 605 g/mol. The average Bonchev–Trinajstić information content (AvgIpc) is 3.54. The average molecular weight is 606 g/mol. The van der Waals surface area contributed by atoms with E-state index in [0.717, 1.165) is 57.0 Å².